The molecule has 5 N–H and O–H groups in total. The standard InChI is InChI=1S/C46H52ClN5O9/c1-45(2,3)60-39(53)20-19-35(41(55)48-32-13-10-14-33(25-32)59-7)50-44(58)38(26-40(54)61-46(4,5)6)52-42(56)36(22-27-15-16-28-11-8-9-12-29(28)21-27)51-43(57)37-24-30-23-31(47)17-18-34(30)49-37/h8-18,21,23-25,35-36,38,49H,19-20,22,26H2,1-7H3,(H,48,55)(H,50,58)(H,51,57)(H,52,56)/t35-,36+,38+/m1/s1. The monoisotopic (exact) mass is 853 g/mol. The van der Waals surface area contributed by atoms with Gasteiger partial charge < -0.3 is 40.5 Å². The van der Waals surface area contributed by atoms with E-state index in [1.54, 1.807) is 90.1 Å². The summed E-state index contributed by atoms with van der Waals surface area (Å²) in [4.78, 5) is 85.4. The molecule has 0 spiro atoms. The second-order valence-corrected chi connectivity index (χ2v) is 17.0. The quantitative estimate of drug-likeness (QED) is 0.0665. The maximum Gasteiger partial charge on any atom is 0.308 e. The number of rotatable bonds is 16. The summed E-state index contributed by atoms with van der Waals surface area (Å²) in [7, 11) is 1.47. The van der Waals surface area contributed by atoms with Crippen molar-refractivity contribution in [3.63, 3.8) is 0 Å². The molecule has 5 rings (SSSR count). The van der Waals surface area contributed by atoms with Gasteiger partial charge in [-0.15, -0.1) is 0 Å². The normalized spacial score (nSPS) is 13.0. The molecule has 0 saturated carbocycles. The van der Waals surface area contributed by atoms with E-state index in [0.717, 1.165) is 10.8 Å². The largest absolute Gasteiger partial charge is 0.497 e. The Labute approximate surface area is 359 Å². The summed E-state index contributed by atoms with van der Waals surface area (Å²) in [5.41, 5.74) is 0.118. The number of carbonyl (C=O) groups is 6. The minimum absolute atomic E-state index is 0.00328. The SMILES string of the molecule is COc1cccc(NC(=O)[C@@H](CCC(=O)OC(C)(C)C)NC(=O)[C@H](CC(=O)OC(C)(C)C)NC(=O)[C@H](Cc2ccc3ccccc3c2)NC(=O)c2cc3cc(Cl)ccc3[nH]2)c1. The summed E-state index contributed by atoms with van der Waals surface area (Å²) < 4.78 is 16.2. The lowest BCUT2D eigenvalue weighted by Gasteiger charge is -2.26. The average Bonchev–Trinajstić information content (AvgIpc) is 3.61. The van der Waals surface area contributed by atoms with E-state index in [2.05, 4.69) is 26.3 Å². The van der Waals surface area contributed by atoms with Gasteiger partial charge in [0.2, 0.25) is 17.7 Å². The van der Waals surface area contributed by atoms with Gasteiger partial charge in [0.1, 0.15) is 40.8 Å². The predicted molar refractivity (Wildman–Crippen MR) is 233 cm³/mol. The number of ether oxygens (including phenoxy) is 3. The van der Waals surface area contributed by atoms with Crippen molar-refractivity contribution < 1.29 is 43.0 Å². The van der Waals surface area contributed by atoms with Gasteiger partial charge in [-0.2, -0.15) is 0 Å². The molecule has 0 aliphatic heterocycles. The van der Waals surface area contributed by atoms with Crippen molar-refractivity contribution in [2.24, 2.45) is 0 Å². The van der Waals surface area contributed by atoms with Crippen molar-refractivity contribution in [1.82, 2.24) is 20.9 Å². The lowest BCUT2D eigenvalue weighted by molar-refractivity contribution is -0.156. The van der Waals surface area contributed by atoms with E-state index in [9.17, 15) is 28.8 Å². The van der Waals surface area contributed by atoms with Gasteiger partial charge in [-0.25, -0.2) is 0 Å². The molecule has 0 unspecified atom stereocenters. The Morgan fingerprint density at radius 3 is 2.03 bits per heavy atom. The van der Waals surface area contributed by atoms with Crippen LogP contribution in [0, 0.1) is 0 Å². The lowest BCUT2D eigenvalue weighted by Crippen LogP contribution is -2.57. The first kappa shape index (κ1) is 45.7. The van der Waals surface area contributed by atoms with Crippen molar-refractivity contribution in [1.29, 1.82) is 0 Å². The number of esters is 2. The Kier molecular flexibility index (Phi) is 14.8. The zero-order chi connectivity index (χ0) is 44.5. The molecule has 4 amide bonds. The Balaban J connectivity index is 1.44. The number of fused-ring (bicyclic) bond motifs is 2. The van der Waals surface area contributed by atoms with Crippen LogP contribution in [-0.2, 0) is 39.9 Å². The Morgan fingerprint density at radius 1 is 0.656 bits per heavy atom. The molecule has 14 nitrogen and oxygen atoms in total. The molecule has 0 aliphatic carbocycles. The number of hydrogen-bond acceptors (Lipinski definition) is 9. The first-order chi connectivity index (χ1) is 28.7. The number of anilines is 1. The van der Waals surface area contributed by atoms with Crippen LogP contribution >= 0.6 is 11.6 Å². The average molecular weight is 854 g/mol. The minimum atomic E-state index is -1.60. The highest BCUT2D eigenvalue weighted by Crippen LogP contribution is 2.22. The third-order valence-corrected chi connectivity index (χ3v) is 9.39. The number of amides is 4. The molecule has 0 bridgehead atoms. The second-order valence-electron chi connectivity index (χ2n) is 16.6. The molecule has 1 aromatic heterocycles. The van der Waals surface area contributed by atoms with Crippen LogP contribution in [-0.4, -0.2) is 77.0 Å². The van der Waals surface area contributed by atoms with Crippen LogP contribution in [0.3, 0.4) is 0 Å². The summed E-state index contributed by atoms with van der Waals surface area (Å²) in [6, 6.07) is 22.3. The van der Waals surface area contributed by atoms with E-state index in [-0.39, 0.29) is 25.0 Å². The van der Waals surface area contributed by atoms with E-state index in [1.807, 2.05) is 42.5 Å². The lowest BCUT2D eigenvalue weighted by atomic mass is 10.0. The first-order valence-corrected chi connectivity index (χ1v) is 20.2. The molecule has 0 fully saturated rings. The summed E-state index contributed by atoms with van der Waals surface area (Å²) in [5, 5.41) is 13.9. The molecule has 4 aromatic carbocycles. The molecule has 1 heterocycles. The molecule has 322 valence electrons. The number of benzene rings is 4. The molecular weight excluding hydrogens is 802 g/mol. The second kappa shape index (κ2) is 19.8. The molecule has 0 aliphatic rings. The third kappa shape index (κ3) is 13.8. The molecule has 0 radical (unpaired) electrons. The highest BCUT2D eigenvalue weighted by atomic mass is 35.5. The van der Waals surface area contributed by atoms with E-state index in [1.165, 1.54) is 7.11 Å². The van der Waals surface area contributed by atoms with Crippen LogP contribution in [0.15, 0.2) is 91.0 Å². The molecule has 3 atom stereocenters. The zero-order valence-corrected chi connectivity index (χ0v) is 36.0. The fourth-order valence-electron chi connectivity index (χ4n) is 6.43. The summed E-state index contributed by atoms with van der Waals surface area (Å²) in [6.45, 7) is 10.1. The molecule has 5 aromatic rings. The van der Waals surface area contributed by atoms with E-state index in [4.69, 9.17) is 25.8 Å². The first-order valence-electron chi connectivity index (χ1n) is 19.8. The number of halogens is 1. The number of nitrogens with one attached hydrogen (secondary N) is 5. The van der Waals surface area contributed by atoms with Gasteiger partial charge in [0.05, 0.1) is 13.5 Å². The van der Waals surface area contributed by atoms with Crippen molar-refractivity contribution in [2.45, 2.75) is 96.6 Å². The summed E-state index contributed by atoms with van der Waals surface area (Å²) >= 11 is 6.18. The third-order valence-electron chi connectivity index (χ3n) is 9.15. The fourth-order valence-corrected chi connectivity index (χ4v) is 6.61. The highest BCUT2D eigenvalue weighted by Gasteiger charge is 2.34. The predicted octanol–water partition coefficient (Wildman–Crippen LogP) is 6.79. The smallest absolute Gasteiger partial charge is 0.308 e. The van der Waals surface area contributed by atoms with Gasteiger partial charge in [-0.05, 0) is 101 Å². The van der Waals surface area contributed by atoms with Gasteiger partial charge in [-0.3, -0.25) is 28.8 Å². The van der Waals surface area contributed by atoms with Crippen LogP contribution in [0.25, 0.3) is 21.7 Å². The summed E-state index contributed by atoms with van der Waals surface area (Å²) in [6.07, 6.45) is -1.09. The Morgan fingerprint density at radius 2 is 1.33 bits per heavy atom. The highest BCUT2D eigenvalue weighted by molar-refractivity contribution is 6.31. The van der Waals surface area contributed by atoms with Gasteiger partial charge in [0.25, 0.3) is 5.91 Å². The van der Waals surface area contributed by atoms with Crippen molar-refractivity contribution in [3.8, 4) is 5.75 Å². The van der Waals surface area contributed by atoms with Gasteiger partial charge >= 0.3 is 11.9 Å². The molecule has 0 saturated heterocycles. The van der Waals surface area contributed by atoms with E-state index in [0.29, 0.717) is 32.9 Å². The van der Waals surface area contributed by atoms with Crippen molar-refractivity contribution in [2.75, 3.05) is 12.4 Å². The van der Waals surface area contributed by atoms with Gasteiger partial charge in [-0.1, -0.05) is 60.1 Å². The van der Waals surface area contributed by atoms with Crippen molar-refractivity contribution >= 4 is 74.5 Å². The van der Waals surface area contributed by atoms with E-state index < -0.39 is 71.3 Å². The molecule has 15 heteroatoms. The maximum absolute atomic E-state index is 14.4. The zero-order valence-electron chi connectivity index (χ0n) is 35.3. The minimum Gasteiger partial charge on any atom is -0.497 e. The molecular formula is C46H52ClN5O9. The number of H-pyrrole nitrogens is 1. The number of hydrogen-bond donors (Lipinski definition) is 5. The Hall–Kier alpha value is -6.41. The van der Waals surface area contributed by atoms with Gasteiger partial charge in [0, 0.05) is 40.5 Å². The summed E-state index contributed by atoms with van der Waals surface area (Å²) in [5.74, 6) is -3.97. The number of methoxy groups -OCH3 is 1. The van der Waals surface area contributed by atoms with Crippen LogP contribution < -0.4 is 26.0 Å². The van der Waals surface area contributed by atoms with Crippen molar-refractivity contribution in [3.05, 3.63) is 107 Å². The number of aromatic nitrogens is 1. The fraction of sp³-hybridized carbons (Fsp3) is 0.348. The van der Waals surface area contributed by atoms with Crippen LogP contribution in [0.1, 0.15) is 76.9 Å². The van der Waals surface area contributed by atoms with E-state index >= 15 is 0 Å². The van der Waals surface area contributed by atoms with Crippen LogP contribution in [0.4, 0.5) is 5.69 Å². The number of carbonyl (C=O) groups excluding carboxylic acids is 6. The topological polar surface area (TPSA) is 194 Å². The van der Waals surface area contributed by atoms with Gasteiger partial charge in [0.15, 0.2) is 0 Å². The van der Waals surface area contributed by atoms with Crippen LogP contribution in [0.5, 0.6) is 5.75 Å². The van der Waals surface area contributed by atoms with Crippen LogP contribution in [0.2, 0.25) is 5.02 Å². The number of aromatic amines is 1. The molecule has 61 heavy (non-hydrogen) atoms. The Bertz CT molecular complexity index is 2420. The maximum atomic E-state index is 14.4.